The standard InChI is InChI=1S/C20H15Cl3N4O2/c1-10-17(11-5-7-12(21)8-6-11)19-25-20(29)15(27(19)26-10)9-16(28)24-14-4-2-3-13(22)18(14)23/h2-8,15H,9H2,1H3,(H,24,28)(H,25,29). The molecule has 9 heteroatoms. The largest absolute Gasteiger partial charge is 0.325 e. The van der Waals surface area contributed by atoms with Crippen molar-refractivity contribution in [2.75, 3.05) is 10.6 Å². The van der Waals surface area contributed by atoms with E-state index in [4.69, 9.17) is 34.8 Å². The van der Waals surface area contributed by atoms with Gasteiger partial charge in [-0.15, -0.1) is 0 Å². The van der Waals surface area contributed by atoms with E-state index in [0.29, 0.717) is 21.6 Å². The number of hydrogen-bond donors (Lipinski definition) is 2. The second kappa shape index (κ2) is 7.71. The minimum absolute atomic E-state index is 0.0944. The van der Waals surface area contributed by atoms with Gasteiger partial charge in [-0.25, -0.2) is 4.68 Å². The van der Waals surface area contributed by atoms with Crippen LogP contribution < -0.4 is 10.6 Å². The van der Waals surface area contributed by atoms with Gasteiger partial charge in [-0.3, -0.25) is 9.59 Å². The highest BCUT2D eigenvalue weighted by Crippen LogP contribution is 2.38. The van der Waals surface area contributed by atoms with Crippen LogP contribution in [0, 0.1) is 6.92 Å². The lowest BCUT2D eigenvalue weighted by Gasteiger charge is -2.11. The molecule has 0 fully saturated rings. The third-order valence-electron chi connectivity index (χ3n) is 4.66. The smallest absolute Gasteiger partial charge is 0.251 e. The van der Waals surface area contributed by atoms with Crippen molar-refractivity contribution in [3.8, 4) is 11.1 Å². The van der Waals surface area contributed by atoms with E-state index in [2.05, 4.69) is 15.7 Å². The number of aromatic nitrogens is 2. The molecule has 2 aromatic carbocycles. The summed E-state index contributed by atoms with van der Waals surface area (Å²) in [5.41, 5.74) is 2.81. The molecule has 148 valence electrons. The number of carbonyl (C=O) groups is 2. The van der Waals surface area contributed by atoms with Crippen molar-refractivity contribution in [3.63, 3.8) is 0 Å². The van der Waals surface area contributed by atoms with E-state index >= 15 is 0 Å². The summed E-state index contributed by atoms with van der Waals surface area (Å²) in [5.74, 6) is -0.105. The zero-order valence-corrected chi connectivity index (χ0v) is 17.4. The Morgan fingerprint density at radius 2 is 1.90 bits per heavy atom. The highest BCUT2D eigenvalue weighted by atomic mass is 35.5. The maximum Gasteiger partial charge on any atom is 0.251 e. The first-order valence-corrected chi connectivity index (χ1v) is 9.88. The van der Waals surface area contributed by atoms with Gasteiger partial charge in [0.15, 0.2) is 0 Å². The van der Waals surface area contributed by atoms with Crippen LogP contribution in [0.5, 0.6) is 0 Å². The SMILES string of the molecule is Cc1nn2c(c1-c1ccc(Cl)cc1)NC(=O)C2CC(=O)Nc1cccc(Cl)c1Cl. The van der Waals surface area contributed by atoms with Gasteiger partial charge in [0.2, 0.25) is 5.91 Å². The molecule has 1 aromatic heterocycles. The molecule has 4 rings (SSSR count). The van der Waals surface area contributed by atoms with E-state index in [-0.39, 0.29) is 23.3 Å². The van der Waals surface area contributed by atoms with Crippen molar-refractivity contribution in [2.24, 2.45) is 0 Å². The van der Waals surface area contributed by atoms with Crippen LogP contribution >= 0.6 is 34.8 Å². The van der Waals surface area contributed by atoms with Gasteiger partial charge in [0.1, 0.15) is 11.9 Å². The minimum Gasteiger partial charge on any atom is -0.325 e. The van der Waals surface area contributed by atoms with Crippen LogP contribution in [0.2, 0.25) is 15.1 Å². The van der Waals surface area contributed by atoms with E-state index in [9.17, 15) is 9.59 Å². The fourth-order valence-electron chi connectivity index (χ4n) is 3.32. The van der Waals surface area contributed by atoms with Gasteiger partial charge in [-0.2, -0.15) is 5.10 Å². The average molecular weight is 450 g/mol. The minimum atomic E-state index is -0.761. The van der Waals surface area contributed by atoms with E-state index in [1.807, 2.05) is 19.1 Å². The predicted octanol–water partition coefficient (Wildman–Crippen LogP) is 5.34. The maximum absolute atomic E-state index is 12.5. The summed E-state index contributed by atoms with van der Waals surface area (Å²) in [6, 6.07) is 11.5. The summed E-state index contributed by atoms with van der Waals surface area (Å²) >= 11 is 18.1. The van der Waals surface area contributed by atoms with Gasteiger partial charge in [-0.1, -0.05) is 53.0 Å². The number of aryl methyl sites for hydroxylation is 1. The second-order valence-electron chi connectivity index (χ2n) is 6.62. The molecule has 6 nitrogen and oxygen atoms in total. The Labute approximate surface area is 181 Å². The van der Waals surface area contributed by atoms with Gasteiger partial charge < -0.3 is 10.6 Å². The van der Waals surface area contributed by atoms with Crippen LogP contribution in [0.15, 0.2) is 42.5 Å². The molecule has 1 aliphatic heterocycles. The first kappa shape index (κ1) is 19.8. The summed E-state index contributed by atoms with van der Waals surface area (Å²) in [6.45, 7) is 1.85. The van der Waals surface area contributed by atoms with E-state index < -0.39 is 6.04 Å². The fourth-order valence-corrected chi connectivity index (χ4v) is 3.80. The third kappa shape index (κ3) is 3.71. The van der Waals surface area contributed by atoms with Crippen molar-refractivity contribution >= 4 is 58.1 Å². The summed E-state index contributed by atoms with van der Waals surface area (Å²) in [7, 11) is 0. The Bertz CT molecular complexity index is 1130. The lowest BCUT2D eigenvalue weighted by atomic mass is 10.1. The van der Waals surface area contributed by atoms with Gasteiger partial charge in [0.25, 0.3) is 5.91 Å². The molecular formula is C20H15Cl3N4O2. The number of nitrogens with one attached hydrogen (secondary N) is 2. The molecule has 0 saturated carbocycles. The number of rotatable bonds is 4. The van der Waals surface area contributed by atoms with Crippen LogP contribution in [-0.2, 0) is 9.59 Å². The first-order valence-electron chi connectivity index (χ1n) is 8.75. The van der Waals surface area contributed by atoms with Crippen molar-refractivity contribution in [1.82, 2.24) is 9.78 Å². The number of benzene rings is 2. The molecule has 0 bridgehead atoms. The highest BCUT2D eigenvalue weighted by Gasteiger charge is 2.36. The Morgan fingerprint density at radius 3 is 2.62 bits per heavy atom. The number of carbonyl (C=O) groups excluding carboxylic acids is 2. The highest BCUT2D eigenvalue weighted by molar-refractivity contribution is 6.44. The molecule has 2 heterocycles. The van der Waals surface area contributed by atoms with Crippen LogP contribution in [-0.4, -0.2) is 21.6 Å². The number of fused-ring (bicyclic) bond motifs is 1. The van der Waals surface area contributed by atoms with Gasteiger partial charge in [0.05, 0.1) is 27.8 Å². The Hall–Kier alpha value is -2.54. The van der Waals surface area contributed by atoms with Crippen LogP contribution in [0.1, 0.15) is 18.2 Å². The molecule has 0 saturated heterocycles. The van der Waals surface area contributed by atoms with Crippen LogP contribution in [0.25, 0.3) is 11.1 Å². The molecule has 2 amide bonds. The topological polar surface area (TPSA) is 76.0 Å². The van der Waals surface area contributed by atoms with Crippen molar-refractivity contribution in [2.45, 2.75) is 19.4 Å². The maximum atomic E-state index is 12.5. The van der Waals surface area contributed by atoms with Crippen molar-refractivity contribution < 1.29 is 9.59 Å². The Morgan fingerprint density at radius 1 is 1.17 bits per heavy atom. The Kier molecular flexibility index (Phi) is 5.25. The average Bonchev–Trinajstić information content (AvgIpc) is 3.14. The number of halogens is 3. The molecular weight excluding hydrogens is 435 g/mol. The van der Waals surface area contributed by atoms with E-state index in [0.717, 1.165) is 16.8 Å². The monoisotopic (exact) mass is 448 g/mol. The predicted molar refractivity (Wildman–Crippen MR) is 115 cm³/mol. The summed E-state index contributed by atoms with van der Waals surface area (Å²) in [6.07, 6.45) is -0.0944. The molecule has 1 atom stereocenters. The number of anilines is 2. The number of nitrogens with zero attached hydrogens (tertiary/aromatic N) is 2. The van der Waals surface area contributed by atoms with Gasteiger partial charge in [-0.05, 0) is 36.8 Å². The molecule has 0 radical (unpaired) electrons. The van der Waals surface area contributed by atoms with Gasteiger partial charge in [0, 0.05) is 10.6 Å². The molecule has 0 aliphatic carbocycles. The molecule has 1 unspecified atom stereocenters. The molecule has 0 spiro atoms. The first-order chi connectivity index (χ1) is 13.8. The van der Waals surface area contributed by atoms with Gasteiger partial charge >= 0.3 is 0 Å². The quantitative estimate of drug-likeness (QED) is 0.564. The number of amides is 2. The van der Waals surface area contributed by atoms with Crippen LogP contribution in [0.3, 0.4) is 0 Å². The van der Waals surface area contributed by atoms with E-state index in [1.165, 1.54) is 0 Å². The normalized spacial score (nSPS) is 15.2. The third-order valence-corrected chi connectivity index (χ3v) is 5.73. The second-order valence-corrected chi connectivity index (χ2v) is 7.84. The van der Waals surface area contributed by atoms with Crippen molar-refractivity contribution in [1.29, 1.82) is 0 Å². The molecule has 29 heavy (non-hydrogen) atoms. The molecule has 1 aliphatic rings. The summed E-state index contributed by atoms with van der Waals surface area (Å²) < 4.78 is 1.56. The lowest BCUT2D eigenvalue weighted by Crippen LogP contribution is -2.24. The Balaban J connectivity index is 1.59. The van der Waals surface area contributed by atoms with Crippen LogP contribution in [0.4, 0.5) is 11.5 Å². The summed E-state index contributed by atoms with van der Waals surface area (Å²) in [5, 5.41) is 11.2. The molecule has 2 N–H and O–H groups in total. The molecule has 3 aromatic rings. The fraction of sp³-hybridized carbons (Fsp3) is 0.150. The number of hydrogen-bond acceptors (Lipinski definition) is 3. The summed E-state index contributed by atoms with van der Waals surface area (Å²) in [4.78, 5) is 25.1. The lowest BCUT2D eigenvalue weighted by molar-refractivity contribution is -0.123. The zero-order chi connectivity index (χ0) is 20.7. The van der Waals surface area contributed by atoms with Crippen molar-refractivity contribution in [3.05, 3.63) is 63.2 Å². The zero-order valence-electron chi connectivity index (χ0n) is 15.2. The van der Waals surface area contributed by atoms with E-state index in [1.54, 1.807) is 35.0 Å².